The minimum atomic E-state index is -3.77. The number of benzene rings is 2. The molecule has 3 rings (SSSR count). The highest BCUT2D eigenvalue weighted by atomic mass is 32.2. The Morgan fingerprint density at radius 1 is 1.17 bits per heavy atom. The molecule has 2 aromatic carbocycles. The number of hydrogen-bond donors (Lipinski definition) is 1. The second-order valence-electron chi connectivity index (χ2n) is 6.79. The molecule has 0 fully saturated rings. The lowest BCUT2D eigenvalue weighted by atomic mass is 10.1. The van der Waals surface area contributed by atoms with Crippen LogP contribution in [0.1, 0.15) is 31.0 Å². The van der Waals surface area contributed by atoms with Crippen molar-refractivity contribution >= 4 is 21.6 Å². The lowest BCUT2D eigenvalue weighted by Crippen LogP contribution is -2.30. The summed E-state index contributed by atoms with van der Waals surface area (Å²) >= 11 is 0. The standard InChI is InChI=1S/C20H23N5O3S/c1-14-5-8-18(23-16(3)26)11-20(14)29(27,28)24(4)15(2)17-6-9-19(10-7-17)25-13-21-12-22-25/h5-13,15H,1-4H3,(H,23,26). The van der Waals surface area contributed by atoms with Gasteiger partial charge in [0.25, 0.3) is 0 Å². The van der Waals surface area contributed by atoms with Crippen LogP contribution in [0.5, 0.6) is 0 Å². The topological polar surface area (TPSA) is 97.2 Å². The van der Waals surface area contributed by atoms with Crippen LogP contribution in [-0.4, -0.2) is 40.4 Å². The van der Waals surface area contributed by atoms with Crippen LogP contribution < -0.4 is 5.32 Å². The Labute approximate surface area is 170 Å². The minimum absolute atomic E-state index is 0.164. The largest absolute Gasteiger partial charge is 0.326 e. The predicted molar refractivity (Wildman–Crippen MR) is 110 cm³/mol. The lowest BCUT2D eigenvalue weighted by Gasteiger charge is -2.26. The summed E-state index contributed by atoms with van der Waals surface area (Å²) in [5.41, 5.74) is 2.73. The molecule has 0 radical (unpaired) electrons. The van der Waals surface area contributed by atoms with Crippen molar-refractivity contribution in [1.29, 1.82) is 0 Å². The van der Waals surface area contributed by atoms with Crippen LogP contribution in [0.3, 0.4) is 0 Å². The third kappa shape index (κ3) is 4.36. The molecule has 1 atom stereocenters. The first-order valence-electron chi connectivity index (χ1n) is 9.01. The van der Waals surface area contributed by atoms with E-state index in [0.29, 0.717) is 11.3 Å². The van der Waals surface area contributed by atoms with Gasteiger partial charge in [-0.1, -0.05) is 18.2 Å². The minimum Gasteiger partial charge on any atom is -0.326 e. The maximum Gasteiger partial charge on any atom is 0.243 e. The van der Waals surface area contributed by atoms with Gasteiger partial charge in [0, 0.05) is 25.7 Å². The molecule has 0 aliphatic rings. The van der Waals surface area contributed by atoms with Crippen LogP contribution in [0.2, 0.25) is 0 Å². The number of aromatic nitrogens is 3. The van der Waals surface area contributed by atoms with Crippen molar-refractivity contribution < 1.29 is 13.2 Å². The fourth-order valence-corrected chi connectivity index (χ4v) is 4.58. The summed E-state index contributed by atoms with van der Waals surface area (Å²) in [5.74, 6) is -0.258. The summed E-state index contributed by atoms with van der Waals surface area (Å²) in [6, 6.07) is 11.9. The third-order valence-corrected chi connectivity index (χ3v) is 6.84. The van der Waals surface area contributed by atoms with Crippen molar-refractivity contribution in [2.24, 2.45) is 0 Å². The quantitative estimate of drug-likeness (QED) is 0.670. The van der Waals surface area contributed by atoms with E-state index in [0.717, 1.165) is 11.3 Å². The molecule has 1 amide bonds. The molecule has 1 N–H and O–H groups in total. The SMILES string of the molecule is CC(=O)Nc1ccc(C)c(S(=O)(=O)N(C)C(C)c2ccc(-n3cncn3)cc2)c1. The number of rotatable bonds is 6. The summed E-state index contributed by atoms with van der Waals surface area (Å²) in [7, 11) is -2.22. The highest BCUT2D eigenvalue weighted by Gasteiger charge is 2.28. The van der Waals surface area contributed by atoms with Crippen LogP contribution in [0.4, 0.5) is 5.69 Å². The molecule has 0 aliphatic heterocycles. The average Bonchev–Trinajstić information content (AvgIpc) is 3.22. The number of carbonyl (C=O) groups excluding carboxylic acids is 1. The molecule has 1 unspecified atom stereocenters. The van der Waals surface area contributed by atoms with Gasteiger partial charge in [-0.05, 0) is 49.2 Å². The summed E-state index contributed by atoms with van der Waals surface area (Å²) in [6.45, 7) is 4.94. The van der Waals surface area contributed by atoms with Crippen molar-refractivity contribution in [3.8, 4) is 5.69 Å². The van der Waals surface area contributed by atoms with Crippen molar-refractivity contribution in [3.63, 3.8) is 0 Å². The van der Waals surface area contributed by atoms with Crippen LogP contribution >= 0.6 is 0 Å². The predicted octanol–water partition coefficient (Wildman–Crippen LogP) is 2.92. The van der Waals surface area contributed by atoms with Crippen molar-refractivity contribution in [1.82, 2.24) is 19.1 Å². The Morgan fingerprint density at radius 2 is 1.86 bits per heavy atom. The third-order valence-electron chi connectivity index (χ3n) is 4.77. The molecule has 1 aromatic heterocycles. The van der Waals surface area contributed by atoms with Crippen molar-refractivity contribution in [2.75, 3.05) is 12.4 Å². The number of aryl methyl sites for hydroxylation is 1. The second kappa shape index (κ2) is 8.14. The maximum absolute atomic E-state index is 13.3. The van der Waals surface area contributed by atoms with Gasteiger partial charge in [-0.2, -0.15) is 9.40 Å². The summed E-state index contributed by atoms with van der Waals surface area (Å²) < 4.78 is 29.5. The van der Waals surface area contributed by atoms with Gasteiger partial charge < -0.3 is 5.32 Å². The van der Waals surface area contributed by atoms with Gasteiger partial charge in [-0.15, -0.1) is 0 Å². The molecule has 1 heterocycles. The molecule has 3 aromatic rings. The maximum atomic E-state index is 13.3. The fraction of sp³-hybridized carbons (Fsp3) is 0.250. The lowest BCUT2D eigenvalue weighted by molar-refractivity contribution is -0.114. The first-order chi connectivity index (χ1) is 13.7. The van der Waals surface area contributed by atoms with E-state index in [-0.39, 0.29) is 10.8 Å². The number of nitrogens with one attached hydrogen (secondary N) is 1. The van der Waals surface area contributed by atoms with Crippen LogP contribution in [0.25, 0.3) is 5.69 Å². The first-order valence-corrected chi connectivity index (χ1v) is 10.5. The molecule has 9 heteroatoms. The number of hydrogen-bond acceptors (Lipinski definition) is 5. The molecular weight excluding hydrogens is 390 g/mol. The Hall–Kier alpha value is -3.04. The highest BCUT2D eigenvalue weighted by Crippen LogP contribution is 2.29. The van der Waals surface area contributed by atoms with Crippen molar-refractivity contribution in [2.45, 2.75) is 31.7 Å². The number of sulfonamides is 1. The summed E-state index contributed by atoms with van der Waals surface area (Å²) in [5, 5.41) is 6.71. The van der Waals surface area contributed by atoms with Gasteiger partial charge in [0.1, 0.15) is 12.7 Å². The zero-order chi connectivity index (χ0) is 21.2. The van der Waals surface area contributed by atoms with E-state index in [1.54, 1.807) is 37.1 Å². The van der Waals surface area contributed by atoms with Gasteiger partial charge >= 0.3 is 0 Å². The first kappa shape index (κ1) is 20.7. The van der Waals surface area contributed by atoms with Crippen LogP contribution in [0, 0.1) is 6.92 Å². The van der Waals surface area contributed by atoms with E-state index in [9.17, 15) is 13.2 Å². The Morgan fingerprint density at radius 3 is 2.45 bits per heavy atom. The molecule has 0 bridgehead atoms. The van der Waals surface area contributed by atoms with Crippen LogP contribution in [0.15, 0.2) is 60.0 Å². The van der Waals surface area contributed by atoms with Crippen molar-refractivity contribution in [3.05, 3.63) is 66.2 Å². The zero-order valence-corrected chi connectivity index (χ0v) is 17.5. The summed E-state index contributed by atoms with van der Waals surface area (Å²) in [6.07, 6.45) is 3.05. The normalized spacial score (nSPS) is 12.7. The highest BCUT2D eigenvalue weighted by molar-refractivity contribution is 7.89. The Bertz CT molecular complexity index is 1110. The number of amides is 1. The van der Waals surface area contributed by atoms with E-state index in [2.05, 4.69) is 15.4 Å². The molecule has 8 nitrogen and oxygen atoms in total. The molecular formula is C20H23N5O3S. The Kier molecular flexibility index (Phi) is 5.81. The smallest absolute Gasteiger partial charge is 0.243 e. The van der Waals surface area contributed by atoms with Crippen LogP contribution in [-0.2, 0) is 14.8 Å². The van der Waals surface area contributed by atoms with Gasteiger partial charge in [-0.3, -0.25) is 4.79 Å². The molecule has 0 saturated carbocycles. The number of nitrogens with zero attached hydrogens (tertiary/aromatic N) is 4. The fourth-order valence-electron chi connectivity index (χ4n) is 2.98. The van der Waals surface area contributed by atoms with Gasteiger partial charge in [0.2, 0.25) is 15.9 Å². The van der Waals surface area contributed by atoms with Gasteiger partial charge in [-0.25, -0.2) is 18.1 Å². The molecule has 29 heavy (non-hydrogen) atoms. The molecule has 152 valence electrons. The van der Waals surface area contributed by atoms with Gasteiger partial charge in [0.05, 0.1) is 10.6 Å². The van der Waals surface area contributed by atoms with E-state index in [4.69, 9.17) is 0 Å². The Balaban J connectivity index is 1.88. The van der Waals surface area contributed by atoms with E-state index < -0.39 is 16.1 Å². The van der Waals surface area contributed by atoms with Gasteiger partial charge in [0.15, 0.2) is 0 Å². The monoisotopic (exact) mass is 413 g/mol. The average molecular weight is 414 g/mol. The number of anilines is 1. The molecule has 0 saturated heterocycles. The van der Waals surface area contributed by atoms with E-state index in [1.165, 1.54) is 23.6 Å². The molecule has 0 aliphatic carbocycles. The molecule has 0 spiro atoms. The van der Waals surface area contributed by atoms with E-state index in [1.807, 2.05) is 31.2 Å². The number of carbonyl (C=O) groups is 1. The summed E-state index contributed by atoms with van der Waals surface area (Å²) in [4.78, 5) is 15.4. The zero-order valence-electron chi connectivity index (χ0n) is 16.7. The van der Waals surface area contributed by atoms with E-state index >= 15 is 0 Å². The second-order valence-corrected chi connectivity index (χ2v) is 8.76.